The third kappa shape index (κ3) is 3.02. The molecule has 0 aliphatic carbocycles. The number of ether oxygens (including phenoxy) is 2. The van der Waals surface area contributed by atoms with Gasteiger partial charge in [0.1, 0.15) is 17.4 Å². The number of rotatable bonds is 2. The highest BCUT2D eigenvalue weighted by Crippen LogP contribution is 2.47. The number of hydrogen-bond acceptors (Lipinski definition) is 4. The van der Waals surface area contributed by atoms with Gasteiger partial charge in [-0.1, -0.05) is 0 Å². The van der Waals surface area contributed by atoms with Crippen LogP contribution in [0, 0.1) is 11.6 Å². The Morgan fingerprint density at radius 3 is 2.79 bits per heavy atom. The Balaban J connectivity index is 2.19. The number of methoxy groups -OCH3 is 1. The monoisotopic (exact) mass is 352 g/mol. The Labute approximate surface area is 135 Å². The smallest absolute Gasteiger partial charge is 0.420 e. The van der Waals surface area contributed by atoms with E-state index in [0.29, 0.717) is 19.5 Å². The van der Waals surface area contributed by atoms with E-state index in [9.17, 15) is 22.0 Å². The zero-order chi connectivity index (χ0) is 17.5. The lowest BCUT2D eigenvalue weighted by Gasteiger charge is -2.37. The van der Waals surface area contributed by atoms with Crippen molar-refractivity contribution < 1.29 is 31.4 Å². The second-order valence-electron chi connectivity index (χ2n) is 5.88. The quantitative estimate of drug-likeness (QED) is 0.830. The molecule has 134 valence electrons. The first-order chi connectivity index (χ1) is 11.3. The van der Waals surface area contributed by atoms with Crippen molar-refractivity contribution in [2.24, 2.45) is 0 Å². The van der Waals surface area contributed by atoms with Crippen LogP contribution in [0.5, 0.6) is 5.75 Å². The molecule has 3 rings (SSSR count). The van der Waals surface area contributed by atoms with Crippen LogP contribution in [0.25, 0.3) is 0 Å². The summed E-state index contributed by atoms with van der Waals surface area (Å²) >= 11 is 0. The normalized spacial score (nSPS) is 24.0. The number of benzene rings is 1. The third-order valence-electron chi connectivity index (χ3n) is 4.26. The molecule has 4 nitrogen and oxygen atoms in total. The minimum atomic E-state index is -4.86. The Hall–Kier alpha value is -1.61. The van der Waals surface area contributed by atoms with Gasteiger partial charge in [0, 0.05) is 39.2 Å². The van der Waals surface area contributed by atoms with E-state index >= 15 is 0 Å². The predicted molar refractivity (Wildman–Crippen MR) is 76.3 cm³/mol. The number of hydrogen-bond donors (Lipinski definition) is 1. The molecule has 2 aliphatic rings. The summed E-state index contributed by atoms with van der Waals surface area (Å²) in [7, 11) is 1.40. The average Bonchev–Trinajstić information content (AvgIpc) is 2.66. The van der Waals surface area contributed by atoms with E-state index in [1.54, 1.807) is 0 Å². The summed E-state index contributed by atoms with van der Waals surface area (Å²) in [6.07, 6.45) is -5.20. The van der Waals surface area contributed by atoms with Crippen LogP contribution < -0.4 is 15.0 Å². The van der Waals surface area contributed by atoms with Crippen LogP contribution in [-0.4, -0.2) is 45.5 Å². The molecular formula is C15H17F5N2O2. The fourth-order valence-electron chi connectivity index (χ4n) is 3.25. The van der Waals surface area contributed by atoms with Gasteiger partial charge in [-0.25, -0.2) is 8.78 Å². The van der Waals surface area contributed by atoms with Crippen LogP contribution in [0.1, 0.15) is 12.0 Å². The van der Waals surface area contributed by atoms with Crippen molar-refractivity contribution in [3.8, 4) is 5.75 Å². The molecule has 2 aliphatic heterocycles. The molecule has 1 aromatic rings. The summed E-state index contributed by atoms with van der Waals surface area (Å²) in [5.74, 6) is -3.51. The Morgan fingerprint density at radius 2 is 2.12 bits per heavy atom. The molecule has 2 heterocycles. The van der Waals surface area contributed by atoms with Gasteiger partial charge in [-0.3, -0.25) is 0 Å². The minimum Gasteiger partial charge on any atom is -0.485 e. The topological polar surface area (TPSA) is 33.7 Å². The maximum atomic E-state index is 14.4. The Morgan fingerprint density at radius 1 is 1.38 bits per heavy atom. The number of fused-ring (bicyclic) bond motifs is 3. The summed E-state index contributed by atoms with van der Waals surface area (Å²) in [5.41, 5.74) is -1.76. The van der Waals surface area contributed by atoms with Crippen molar-refractivity contribution in [2.45, 2.75) is 24.7 Å². The highest BCUT2D eigenvalue weighted by molar-refractivity contribution is 5.65. The van der Waals surface area contributed by atoms with Gasteiger partial charge < -0.3 is 19.7 Å². The van der Waals surface area contributed by atoms with Crippen molar-refractivity contribution in [1.82, 2.24) is 5.32 Å². The summed E-state index contributed by atoms with van der Waals surface area (Å²) in [5, 5.41) is 3.11. The molecule has 1 N–H and O–H groups in total. The van der Waals surface area contributed by atoms with Crippen LogP contribution in [0.3, 0.4) is 0 Å². The van der Waals surface area contributed by atoms with E-state index in [-0.39, 0.29) is 25.3 Å². The van der Waals surface area contributed by atoms with Crippen molar-refractivity contribution in [2.75, 3.05) is 38.3 Å². The van der Waals surface area contributed by atoms with Crippen molar-refractivity contribution >= 4 is 5.69 Å². The van der Waals surface area contributed by atoms with Gasteiger partial charge >= 0.3 is 6.18 Å². The molecule has 2 atom stereocenters. The molecule has 0 bridgehead atoms. The van der Waals surface area contributed by atoms with Gasteiger partial charge in [0.15, 0.2) is 17.4 Å². The lowest BCUT2D eigenvalue weighted by Crippen LogP contribution is -2.52. The van der Waals surface area contributed by atoms with Gasteiger partial charge in [-0.15, -0.1) is 0 Å². The number of alkyl halides is 3. The number of anilines is 1. The summed E-state index contributed by atoms with van der Waals surface area (Å²) in [4.78, 5) is 1.47. The molecule has 1 saturated heterocycles. The first-order valence-corrected chi connectivity index (χ1v) is 7.55. The molecule has 0 saturated carbocycles. The van der Waals surface area contributed by atoms with Crippen LogP contribution in [0.15, 0.2) is 6.07 Å². The van der Waals surface area contributed by atoms with Gasteiger partial charge in [-0.05, 0) is 6.07 Å². The summed E-state index contributed by atoms with van der Waals surface area (Å²) in [6, 6.07) is -0.155. The molecule has 0 radical (unpaired) electrons. The fraction of sp³-hybridized carbons (Fsp3) is 0.600. The number of halogens is 5. The highest BCUT2D eigenvalue weighted by Gasteiger charge is 2.43. The van der Waals surface area contributed by atoms with Crippen LogP contribution in [0.2, 0.25) is 0 Å². The van der Waals surface area contributed by atoms with Gasteiger partial charge in [0.25, 0.3) is 0 Å². The third-order valence-corrected chi connectivity index (χ3v) is 4.26. The fourth-order valence-corrected chi connectivity index (χ4v) is 3.25. The zero-order valence-electron chi connectivity index (χ0n) is 12.9. The summed E-state index contributed by atoms with van der Waals surface area (Å²) < 4.78 is 78.7. The van der Waals surface area contributed by atoms with E-state index in [2.05, 4.69) is 5.32 Å². The van der Waals surface area contributed by atoms with E-state index in [4.69, 9.17) is 9.47 Å². The average molecular weight is 352 g/mol. The molecular weight excluding hydrogens is 335 g/mol. The lowest BCUT2D eigenvalue weighted by molar-refractivity contribution is -0.139. The molecule has 0 amide bonds. The molecule has 1 aromatic carbocycles. The summed E-state index contributed by atoms with van der Waals surface area (Å²) in [6.45, 7) is 1.22. The number of piperazine rings is 1. The van der Waals surface area contributed by atoms with Gasteiger partial charge in [0.05, 0.1) is 6.61 Å². The van der Waals surface area contributed by atoms with Crippen LogP contribution in [-0.2, 0) is 10.9 Å². The van der Waals surface area contributed by atoms with Crippen LogP contribution in [0.4, 0.5) is 27.6 Å². The predicted octanol–water partition coefficient (Wildman–Crippen LogP) is 2.56. The van der Waals surface area contributed by atoms with Crippen LogP contribution >= 0.6 is 0 Å². The van der Waals surface area contributed by atoms with E-state index < -0.39 is 40.9 Å². The SMILES string of the molecule is COC[C@@H]1C[C@@H]2CNCCN2c2c(F)c(F)cc(C(F)(F)F)c2O1. The minimum absolute atomic E-state index is 0.0556. The second kappa shape index (κ2) is 6.36. The Bertz CT molecular complexity index is 623. The van der Waals surface area contributed by atoms with Crippen molar-refractivity contribution in [3.05, 3.63) is 23.3 Å². The van der Waals surface area contributed by atoms with Crippen molar-refractivity contribution in [1.29, 1.82) is 0 Å². The zero-order valence-corrected chi connectivity index (χ0v) is 12.9. The first kappa shape index (κ1) is 17.2. The van der Waals surface area contributed by atoms with E-state index in [1.807, 2.05) is 0 Å². The molecule has 0 aromatic heterocycles. The molecule has 9 heteroatoms. The molecule has 0 spiro atoms. The lowest BCUT2D eigenvalue weighted by atomic mass is 10.0. The second-order valence-corrected chi connectivity index (χ2v) is 5.88. The van der Waals surface area contributed by atoms with Crippen molar-refractivity contribution in [3.63, 3.8) is 0 Å². The maximum absolute atomic E-state index is 14.4. The van der Waals surface area contributed by atoms with E-state index in [1.165, 1.54) is 12.0 Å². The molecule has 0 unspecified atom stereocenters. The standard InChI is InChI=1S/C15H17F5N2O2/c1-23-7-9-4-8-6-21-2-3-22(8)13-12(17)11(16)5-10(14(13)24-9)15(18,19)20/h5,8-9,21H,2-4,6-7H2,1H3/t8-,9+/m1/s1. The number of nitrogens with one attached hydrogen (secondary N) is 1. The molecule has 24 heavy (non-hydrogen) atoms. The first-order valence-electron chi connectivity index (χ1n) is 7.55. The van der Waals surface area contributed by atoms with Gasteiger partial charge in [-0.2, -0.15) is 13.2 Å². The molecule has 1 fully saturated rings. The largest absolute Gasteiger partial charge is 0.485 e. The van der Waals surface area contributed by atoms with Gasteiger partial charge in [0.2, 0.25) is 0 Å². The van der Waals surface area contributed by atoms with E-state index in [0.717, 1.165) is 0 Å². The maximum Gasteiger partial charge on any atom is 0.420 e. The highest BCUT2D eigenvalue weighted by atomic mass is 19.4. The Kier molecular flexibility index (Phi) is 4.56. The number of nitrogens with zero attached hydrogens (tertiary/aromatic N) is 1.